The van der Waals surface area contributed by atoms with Gasteiger partial charge in [0.1, 0.15) is 6.54 Å². The number of hydrogen-bond donors (Lipinski definition) is 1. The van der Waals surface area contributed by atoms with Crippen LogP contribution in [0.4, 0.5) is 11.4 Å². The summed E-state index contributed by atoms with van der Waals surface area (Å²) in [6.45, 7) is 5.83. The van der Waals surface area contributed by atoms with Crippen LogP contribution in [0, 0.1) is 5.92 Å². The van der Waals surface area contributed by atoms with E-state index >= 15 is 0 Å². The molecule has 0 bridgehead atoms. The van der Waals surface area contributed by atoms with Gasteiger partial charge in [-0.15, -0.1) is 0 Å². The number of anilines is 2. The van der Waals surface area contributed by atoms with E-state index in [0.29, 0.717) is 16.5 Å². The van der Waals surface area contributed by atoms with E-state index < -0.39 is 22.5 Å². The van der Waals surface area contributed by atoms with Gasteiger partial charge >= 0.3 is 0 Å². The third-order valence-electron chi connectivity index (χ3n) is 7.26. The molecule has 3 aromatic rings. The number of hydrogen-bond acceptors (Lipinski definition) is 6. The zero-order chi connectivity index (χ0) is 28.9. The Bertz CT molecular complexity index is 1410. The summed E-state index contributed by atoms with van der Waals surface area (Å²) in [5, 5.41) is 3.40. The van der Waals surface area contributed by atoms with Gasteiger partial charge in [0.2, 0.25) is 5.91 Å². The minimum Gasteiger partial charge on any atom is -0.493 e. The first kappa shape index (κ1) is 29.6. The van der Waals surface area contributed by atoms with Gasteiger partial charge in [0.05, 0.1) is 30.8 Å². The third-order valence-corrected chi connectivity index (χ3v) is 9.29. The quantitative estimate of drug-likeness (QED) is 0.330. The Morgan fingerprint density at radius 2 is 1.62 bits per heavy atom. The summed E-state index contributed by atoms with van der Waals surface area (Å²) in [6, 6.07) is 18.5. The van der Waals surface area contributed by atoms with E-state index in [1.807, 2.05) is 19.1 Å². The summed E-state index contributed by atoms with van der Waals surface area (Å²) in [7, 11) is -1.25. The van der Waals surface area contributed by atoms with Crippen LogP contribution >= 0.6 is 11.6 Å². The van der Waals surface area contributed by atoms with Crippen molar-refractivity contribution in [2.24, 2.45) is 5.92 Å². The normalized spacial score (nSPS) is 14.9. The van der Waals surface area contributed by atoms with Crippen LogP contribution in [0.25, 0.3) is 0 Å². The second-order valence-corrected chi connectivity index (χ2v) is 12.4. The zero-order valence-electron chi connectivity index (χ0n) is 23.3. The molecule has 0 saturated carbocycles. The molecule has 40 heavy (non-hydrogen) atoms. The lowest BCUT2D eigenvalue weighted by Crippen LogP contribution is -2.41. The fourth-order valence-electron chi connectivity index (χ4n) is 4.77. The van der Waals surface area contributed by atoms with Crippen molar-refractivity contribution in [3.8, 4) is 11.5 Å². The highest BCUT2D eigenvalue weighted by Gasteiger charge is 2.29. The highest BCUT2D eigenvalue weighted by molar-refractivity contribution is 7.92. The van der Waals surface area contributed by atoms with Crippen LogP contribution in [-0.4, -0.2) is 48.2 Å². The van der Waals surface area contributed by atoms with Crippen LogP contribution in [0.3, 0.4) is 0 Å². The van der Waals surface area contributed by atoms with E-state index in [1.165, 1.54) is 50.9 Å². The van der Waals surface area contributed by atoms with Crippen LogP contribution < -0.4 is 24.0 Å². The second kappa shape index (κ2) is 12.8. The van der Waals surface area contributed by atoms with Gasteiger partial charge in [-0.2, -0.15) is 0 Å². The first-order valence-electron chi connectivity index (χ1n) is 13.3. The smallest absolute Gasteiger partial charge is 0.264 e. The Morgan fingerprint density at radius 1 is 1.00 bits per heavy atom. The summed E-state index contributed by atoms with van der Waals surface area (Å²) in [6.07, 6.45) is 2.37. The predicted octanol–water partition coefficient (Wildman–Crippen LogP) is 5.67. The number of nitrogens with one attached hydrogen (secondary N) is 1. The van der Waals surface area contributed by atoms with Crippen molar-refractivity contribution in [3.63, 3.8) is 0 Å². The first-order chi connectivity index (χ1) is 19.1. The lowest BCUT2D eigenvalue weighted by molar-refractivity contribution is -0.120. The Labute approximate surface area is 241 Å². The summed E-state index contributed by atoms with van der Waals surface area (Å²) < 4.78 is 39.2. The molecule has 1 fully saturated rings. The van der Waals surface area contributed by atoms with Crippen molar-refractivity contribution in [3.05, 3.63) is 77.3 Å². The second-order valence-electron chi connectivity index (χ2n) is 10.1. The van der Waals surface area contributed by atoms with Crippen molar-refractivity contribution >= 4 is 38.9 Å². The fourth-order valence-corrected chi connectivity index (χ4v) is 6.33. The Kier molecular flexibility index (Phi) is 9.48. The van der Waals surface area contributed by atoms with E-state index in [9.17, 15) is 13.2 Å². The predicted molar refractivity (Wildman–Crippen MR) is 159 cm³/mol. The van der Waals surface area contributed by atoms with Gasteiger partial charge in [0, 0.05) is 29.9 Å². The number of carbonyl (C=O) groups excluding carboxylic acids is 1. The van der Waals surface area contributed by atoms with Gasteiger partial charge in [-0.3, -0.25) is 9.10 Å². The summed E-state index contributed by atoms with van der Waals surface area (Å²) in [4.78, 5) is 15.6. The summed E-state index contributed by atoms with van der Waals surface area (Å²) >= 11 is 6.05. The van der Waals surface area contributed by atoms with Gasteiger partial charge < -0.3 is 19.7 Å². The molecule has 4 rings (SSSR count). The molecule has 1 aliphatic rings. The van der Waals surface area contributed by atoms with E-state index in [1.54, 1.807) is 24.3 Å². The molecule has 0 radical (unpaired) electrons. The summed E-state index contributed by atoms with van der Waals surface area (Å²) in [5.41, 5.74) is 2.41. The summed E-state index contributed by atoms with van der Waals surface area (Å²) in [5.74, 6) is 0.974. The molecule has 1 atom stereocenters. The molecule has 214 valence electrons. The molecule has 8 nitrogen and oxygen atoms in total. The van der Waals surface area contributed by atoms with E-state index in [-0.39, 0.29) is 16.7 Å². The van der Waals surface area contributed by atoms with Crippen molar-refractivity contribution in [2.75, 3.05) is 43.1 Å². The Hall–Kier alpha value is -3.43. The van der Waals surface area contributed by atoms with Crippen molar-refractivity contribution in [2.45, 2.75) is 37.6 Å². The molecule has 3 aromatic carbocycles. The molecule has 0 aliphatic carbocycles. The van der Waals surface area contributed by atoms with Gasteiger partial charge in [0.25, 0.3) is 10.0 Å². The topological polar surface area (TPSA) is 88.2 Å². The van der Waals surface area contributed by atoms with Gasteiger partial charge in [-0.05, 0) is 79.8 Å². The molecule has 1 aliphatic heterocycles. The van der Waals surface area contributed by atoms with E-state index in [2.05, 4.69) is 29.3 Å². The van der Waals surface area contributed by atoms with Crippen LogP contribution in [0.5, 0.6) is 11.5 Å². The number of halogens is 1. The van der Waals surface area contributed by atoms with Crippen molar-refractivity contribution in [1.29, 1.82) is 0 Å². The molecule has 0 spiro atoms. The average molecular weight is 586 g/mol. The molecular weight excluding hydrogens is 550 g/mol. The molecule has 1 amide bonds. The molecule has 1 heterocycles. The SMILES string of the molecule is COc1ccc(S(=O)(=O)N(CC(=O)NC(C)c2ccc(N3CCC(C)CC3)cc2)c2ccc(Cl)cc2)cc1OC. The van der Waals surface area contributed by atoms with Crippen LogP contribution in [0.1, 0.15) is 38.3 Å². The number of benzene rings is 3. The molecule has 0 aromatic heterocycles. The Balaban J connectivity index is 1.52. The first-order valence-corrected chi connectivity index (χ1v) is 15.1. The molecule has 10 heteroatoms. The maximum absolute atomic E-state index is 13.8. The van der Waals surface area contributed by atoms with Crippen LogP contribution in [0.2, 0.25) is 5.02 Å². The monoisotopic (exact) mass is 585 g/mol. The highest BCUT2D eigenvalue weighted by atomic mass is 35.5. The van der Waals surface area contributed by atoms with Crippen molar-refractivity contribution in [1.82, 2.24) is 5.32 Å². The Morgan fingerprint density at radius 3 is 2.23 bits per heavy atom. The van der Waals surface area contributed by atoms with E-state index in [4.69, 9.17) is 21.1 Å². The lowest BCUT2D eigenvalue weighted by atomic mass is 9.98. The zero-order valence-corrected chi connectivity index (χ0v) is 24.8. The minimum absolute atomic E-state index is 0.0383. The largest absolute Gasteiger partial charge is 0.493 e. The average Bonchev–Trinajstić information content (AvgIpc) is 2.96. The van der Waals surface area contributed by atoms with Gasteiger partial charge in [-0.1, -0.05) is 30.7 Å². The lowest BCUT2D eigenvalue weighted by Gasteiger charge is -2.32. The number of piperidine rings is 1. The number of rotatable bonds is 10. The number of nitrogens with zero attached hydrogens (tertiary/aromatic N) is 2. The number of carbonyl (C=O) groups is 1. The van der Waals surface area contributed by atoms with Crippen LogP contribution in [0.15, 0.2) is 71.6 Å². The third kappa shape index (κ3) is 6.82. The molecule has 1 unspecified atom stereocenters. The standard InChI is InChI=1S/C30H36ClN3O5S/c1-21-15-17-33(18-16-21)25-9-5-23(6-10-25)22(2)32-30(35)20-34(26-11-7-24(31)8-12-26)40(36,37)27-13-14-28(38-3)29(19-27)39-4/h5-14,19,21-22H,15-18,20H2,1-4H3,(H,32,35). The molecule has 1 saturated heterocycles. The fraction of sp³-hybridized carbons (Fsp3) is 0.367. The minimum atomic E-state index is -4.15. The number of amides is 1. The van der Waals surface area contributed by atoms with Gasteiger partial charge in [0.15, 0.2) is 11.5 Å². The number of methoxy groups -OCH3 is 2. The molecule has 1 N–H and O–H groups in total. The van der Waals surface area contributed by atoms with Gasteiger partial charge in [-0.25, -0.2) is 8.42 Å². The number of ether oxygens (including phenoxy) is 2. The molecular formula is C30H36ClN3O5S. The van der Waals surface area contributed by atoms with Crippen molar-refractivity contribution < 1.29 is 22.7 Å². The van der Waals surface area contributed by atoms with Crippen LogP contribution in [-0.2, 0) is 14.8 Å². The maximum atomic E-state index is 13.8. The number of sulfonamides is 1. The van der Waals surface area contributed by atoms with E-state index in [0.717, 1.165) is 28.9 Å². The highest BCUT2D eigenvalue weighted by Crippen LogP contribution is 2.32. The maximum Gasteiger partial charge on any atom is 0.264 e.